The summed E-state index contributed by atoms with van der Waals surface area (Å²) in [6, 6.07) is 10.1. The molecule has 0 radical (unpaired) electrons. The molecule has 1 aliphatic rings. The molecule has 0 saturated heterocycles. The van der Waals surface area contributed by atoms with E-state index in [0.717, 1.165) is 15.6 Å². The molecule has 1 nitrogen and oxygen atoms in total. The van der Waals surface area contributed by atoms with Gasteiger partial charge in [0.05, 0.1) is 6.10 Å². The molecule has 0 amide bonds. The Morgan fingerprint density at radius 3 is 2.50 bits per heavy atom. The van der Waals surface area contributed by atoms with Gasteiger partial charge < -0.3 is 4.74 Å². The van der Waals surface area contributed by atoms with E-state index in [1.165, 1.54) is 12.8 Å². The fourth-order valence-corrected chi connectivity index (χ4v) is 2.36. The topological polar surface area (TPSA) is 9.23 Å². The van der Waals surface area contributed by atoms with Crippen molar-refractivity contribution >= 4 is 22.6 Å². The van der Waals surface area contributed by atoms with E-state index in [0.29, 0.717) is 6.10 Å². The van der Waals surface area contributed by atoms with E-state index >= 15 is 0 Å². The van der Waals surface area contributed by atoms with Gasteiger partial charge in [-0.2, -0.15) is 0 Å². The molecule has 1 atom stereocenters. The number of hydrogen-bond acceptors (Lipinski definition) is 1. The molecule has 1 aliphatic carbocycles. The molecule has 1 fully saturated rings. The van der Waals surface area contributed by atoms with Gasteiger partial charge in [0, 0.05) is 3.92 Å². The summed E-state index contributed by atoms with van der Waals surface area (Å²) in [7, 11) is 0. The molecule has 0 aromatic heterocycles. The van der Waals surface area contributed by atoms with Crippen LogP contribution in [0.1, 0.15) is 19.8 Å². The van der Waals surface area contributed by atoms with Crippen LogP contribution >= 0.6 is 22.6 Å². The van der Waals surface area contributed by atoms with Gasteiger partial charge in [-0.05, 0) is 30.9 Å². The Hall–Kier alpha value is -0.250. The number of halogens is 1. The minimum Gasteiger partial charge on any atom is -0.490 e. The van der Waals surface area contributed by atoms with Gasteiger partial charge in [-0.15, -0.1) is 0 Å². The van der Waals surface area contributed by atoms with Crippen molar-refractivity contribution in [1.29, 1.82) is 0 Å². The molecule has 1 aromatic carbocycles. The highest BCUT2D eigenvalue weighted by Gasteiger charge is 2.33. The van der Waals surface area contributed by atoms with Crippen LogP contribution < -0.4 is 4.74 Å². The fourth-order valence-electron chi connectivity index (χ4n) is 1.77. The van der Waals surface area contributed by atoms with Gasteiger partial charge in [-0.25, -0.2) is 0 Å². The zero-order valence-corrected chi connectivity index (χ0v) is 10.5. The van der Waals surface area contributed by atoms with E-state index in [-0.39, 0.29) is 0 Å². The summed E-state index contributed by atoms with van der Waals surface area (Å²) < 4.78 is 6.61. The second kappa shape index (κ2) is 4.51. The van der Waals surface area contributed by atoms with Crippen LogP contribution in [0, 0.1) is 5.92 Å². The smallest absolute Gasteiger partial charge is 0.119 e. The van der Waals surface area contributed by atoms with E-state index in [2.05, 4.69) is 29.5 Å². The summed E-state index contributed by atoms with van der Waals surface area (Å²) in [6.45, 7) is 2.28. The summed E-state index contributed by atoms with van der Waals surface area (Å²) in [5, 5.41) is 0. The number of alkyl halides is 1. The average Bonchev–Trinajstić information content (AvgIpc) is 2.12. The lowest BCUT2D eigenvalue weighted by Gasteiger charge is -2.37. The molecule has 2 heteroatoms. The van der Waals surface area contributed by atoms with Crippen LogP contribution in [0.25, 0.3) is 0 Å². The SMILES string of the molecule is CC(I)[C@H]1C[C@H](Oc2ccccc2)C1. The third-order valence-corrected chi connectivity index (χ3v) is 3.84. The van der Waals surface area contributed by atoms with E-state index < -0.39 is 0 Å². The van der Waals surface area contributed by atoms with Crippen molar-refractivity contribution in [2.75, 3.05) is 0 Å². The Kier molecular flexibility index (Phi) is 3.31. The molecular formula is C12H15IO. The standard InChI is InChI=1S/C12H15IO/c1-9(13)10-7-12(8-10)14-11-5-3-2-4-6-11/h2-6,9-10,12H,7-8H2,1H3/t9?,10-,12-. The first-order valence-electron chi connectivity index (χ1n) is 5.11. The molecule has 0 N–H and O–H groups in total. The van der Waals surface area contributed by atoms with Crippen molar-refractivity contribution in [3.8, 4) is 5.75 Å². The second-order valence-electron chi connectivity index (χ2n) is 3.96. The van der Waals surface area contributed by atoms with Crippen molar-refractivity contribution < 1.29 is 4.74 Å². The van der Waals surface area contributed by atoms with Gasteiger partial charge in [-0.1, -0.05) is 47.7 Å². The average molecular weight is 302 g/mol. The van der Waals surface area contributed by atoms with Crippen LogP contribution in [0.4, 0.5) is 0 Å². The van der Waals surface area contributed by atoms with Gasteiger partial charge in [0.1, 0.15) is 5.75 Å². The fraction of sp³-hybridized carbons (Fsp3) is 0.500. The first kappa shape index (κ1) is 10.3. The quantitative estimate of drug-likeness (QED) is 0.611. The van der Waals surface area contributed by atoms with Gasteiger partial charge in [-0.3, -0.25) is 0 Å². The van der Waals surface area contributed by atoms with Gasteiger partial charge in [0.25, 0.3) is 0 Å². The number of benzene rings is 1. The van der Waals surface area contributed by atoms with Gasteiger partial charge >= 0.3 is 0 Å². The molecule has 14 heavy (non-hydrogen) atoms. The van der Waals surface area contributed by atoms with Crippen LogP contribution in [0.3, 0.4) is 0 Å². The molecule has 1 unspecified atom stereocenters. The van der Waals surface area contributed by atoms with Crippen LogP contribution in [-0.2, 0) is 0 Å². The van der Waals surface area contributed by atoms with E-state index in [4.69, 9.17) is 4.74 Å². The number of para-hydroxylation sites is 1. The molecule has 0 aliphatic heterocycles. The van der Waals surface area contributed by atoms with Crippen molar-refractivity contribution in [2.45, 2.75) is 29.8 Å². The number of hydrogen-bond donors (Lipinski definition) is 0. The maximum Gasteiger partial charge on any atom is 0.119 e. The Morgan fingerprint density at radius 2 is 1.93 bits per heavy atom. The van der Waals surface area contributed by atoms with Crippen LogP contribution in [0.5, 0.6) is 5.75 Å². The Bertz CT molecular complexity index is 278. The van der Waals surface area contributed by atoms with Crippen molar-refractivity contribution in [3.63, 3.8) is 0 Å². The van der Waals surface area contributed by atoms with Crippen LogP contribution in [0.15, 0.2) is 30.3 Å². The Morgan fingerprint density at radius 1 is 1.29 bits per heavy atom. The van der Waals surface area contributed by atoms with E-state index in [1.807, 2.05) is 30.3 Å². The summed E-state index contributed by atoms with van der Waals surface area (Å²) >= 11 is 2.51. The second-order valence-corrected chi connectivity index (χ2v) is 5.93. The zero-order chi connectivity index (χ0) is 9.97. The summed E-state index contributed by atoms with van der Waals surface area (Å²) in [6.07, 6.45) is 2.90. The molecule has 1 saturated carbocycles. The monoisotopic (exact) mass is 302 g/mol. The van der Waals surface area contributed by atoms with Crippen molar-refractivity contribution in [3.05, 3.63) is 30.3 Å². The first-order chi connectivity index (χ1) is 6.75. The summed E-state index contributed by atoms with van der Waals surface area (Å²) in [5.41, 5.74) is 0. The lowest BCUT2D eigenvalue weighted by atomic mass is 9.80. The molecule has 0 heterocycles. The van der Waals surface area contributed by atoms with Crippen molar-refractivity contribution in [1.82, 2.24) is 0 Å². The third kappa shape index (κ3) is 2.41. The van der Waals surface area contributed by atoms with Crippen LogP contribution in [-0.4, -0.2) is 10.0 Å². The highest BCUT2D eigenvalue weighted by molar-refractivity contribution is 14.1. The van der Waals surface area contributed by atoms with E-state index in [1.54, 1.807) is 0 Å². The molecule has 2 rings (SSSR count). The highest BCUT2D eigenvalue weighted by atomic mass is 127. The van der Waals surface area contributed by atoms with Gasteiger partial charge in [0.15, 0.2) is 0 Å². The maximum absolute atomic E-state index is 5.83. The van der Waals surface area contributed by atoms with E-state index in [9.17, 15) is 0 Å². The predicted octanol–water partition coefficient (Wildman–Crippen LogP) is 3.67. The minimum absolute atomic E-state index is 0.458. The molecule has 0 bridgehead atoms. The normalized spacial score (nSPS) is 27.9. The molecule has 0 spiro atoms. The zero-order valence-electron chi connectivity index (χ0n) is 8.32. The lowest BCUT2D eigenvalue weighted by Crippen LogP contribution is -2.37. The maximum atomic E-state index is 5.83. The number of rotatable bonds is 3. The largest absolute Gasteiger partial charge is 0.490 e. The predicted molar refractivity (Wildman–Crippen MR) is 67.1 cm³/mol. The molecule has 1 aromatic rings. The molecule has 76 valence electrons. The Labute approximate surface area is 99.0 Å². The third-order valence-electron chi connectivity index (χ3n) is 2.83. The minimum atomic E-state index is 0.458. The lowest BCUT2D eigenvalue weighted by molar-refractivity contribution is 0.0678. The van der Waals surface area contributed by atoms with Gasteiger partial charge in [0.2, 0.25) is 0 Å². The summed E-state index contributed by atoms with van der Waals surface area (Å²) in [4.78, 5) is 0. The molecular weight excluding hydrogens is 287 g/mol. The summed E-state index contributed by atoms with van der Waals surface area (Å²) in [5.74, 6) is 1.88. The number of ether oxygens (including phenoxy) is 1. The van der Waals surface area contributed by atoms with Crippen LogP contribution in [0.2, 0.25) is 0 Å². The highest BCUT2D eigenvalue weighted by Crippen LogP contribution is 2.36. The first-order valence-corrected chi connectivity index (χ1v) is 6.36. The Balaban J connectivity index is 1.80. The van der Waals surface area contributed by atoms with Crippen molar-refractivity contribution in [2.24, 2.45) is 5.92 Å².